The van der Waals surface area contributed by atoms with Crippen molar-refractivity contribution in [3.05, 3.63) is 96.1 Å². The number of halogens is 3. The summed E-state index contributed by atoms with van der Waals surface area (Å²) < 4.78 is 60.4. The summed E-state index contributed by atoms with van der Waals surface area (Å²) in [6.45, 7) is 3.46. The van der Waals surface area contributed by atoms with Gasteiger partial charge >= 0.3 is 12.1 Å². The Balaban J connectivity index is 1.45. The van der Waals surface area contributed by atoms with E-state index >= 15 is 0 Å². The second kappa shape index (κ2) is 10.9. The molecule has 0 bridgehead atoms. The van der Waals surface area contributed by atoms with Crippen molar-refractivity contribution in [2.75, 3.05) is 13.2 Å². The van der Waals surface area contributed by atoms with Gasteiger partial charge in [-0.2, -0.15) is 13.2 Å². The number of alkyl halides is 3. The fraction of sp³-hybridized carbons (Fsp3) is 0.286. The van der Waals surface area contributed by atoms with Gasteiger partial charge in [0.05, 0.1) is 18.9 Å². The topological polar surface area (TPSA) is 66.5 Å². The fourth-order valence-electron chi connectivity index (χ4n) is 4.10. The summed E-state index contributed by atoms with van der Waals surface area (Å²) >= 11 is 0. The Hall–Kier alpha value is -4.01. The van der Waals surface area contributed by atoms with Crippen molar-refractivity contribution in [3.8, 4) is 17.2 Å². The first-order valence-corrected chi connectivity index (χ1v) is 11.9. The van der Waals surface area contributed by atoms with Crippen LogP contribution in [0.5, 0.6) is 5.75 Å². The van der Waals surface area contributed by atoms with Crippen LogP contribution in [0.2, 0.25) is 0 Å². The molecule has 194 valence electrons. The maximum absolute atomic E-state index is 14.4. The van der Waals surface area contributed by atoms with E-state index < -0.39 is 24.1 Å². The maximum atomic E-state index is 14.4. The van der Waals surface area contributed by atoms with Crippen molar-refractivity contribution in [3.63, 3.8) is 0 Å². The van der Waals surface area contributed by atoms with Crippen molar-refractivity contribution in [2.24, 2.45) is 0 Å². The Morgan fingerprint density at radius 1 is 1.00 bits per heavy atom. The maximum Gasteiger partial charge on any atom is 0.423 e. The lowest BCUT2D eigenvalue weighted by molar-refractivity contribution is -0.227. The summed E-state index contributed by atoms with van der Waals surface area (Å²) in [6, 6.07) is 18.7. The van der Waals surface area contributed by atoms with E-state index in [9.17, 15) is 18.0 Å². The quantitative estimate of drug-likeness (QED) is 0.239. The molecule has 0 aliphatic heterocycles. The molecule has 37 heavy (non-hydrogen) atoms. The summed E-state index contributed by atoms with van der Waals surface area (Å²) in [5.74, 6) is 0.375. The van der Waals surface area contributed by atoms with Crippen LogP contribution in [0.25, 0.3) is 11.5 Å². The van der Waals surface area contributed by atoms with E-state index in [0.717, 1.165) is 15.8 Å². The predicted molar refractivity (Wildman–Crippen MR) is 131 cm³/mol. The van der Waals surface area contributed by atoms with Gasteiger partial charge in [-0.05, 0) is 55.8 Å². The van der Waals surface area contributed by atoms with Crippen LogP contribution in [-0.2, 0) is 27.9 Å². The van der Waals surface area contributed by atoms with Crippen LogP contribution in [-0.4, -0.2) is 34.9 Å². The largest absolute Gasteiger partial charge is 0.493 e. The number of oxazole rings is 1. The van der Waals surface area contributed by atoms with Gasteiger partial charge < -0.3 is 18.5 Å². The number of hydrogen-bond acceptors (Lipinski definition) is 5. The monoisotopic (exact) mass is 512 g/mol. The molecule has 4 aromatic rings. The van der Waals surface area contributed by atoms with Crippen LogP contribution in [0.3, 0.4) is 0 Å². The minimum Gasteiger partial charge on any atom is -0.493 e. The van der Waals surface area contributed by atoms with Gasteiger partial charge in [0.1, 0.15) is 11.5 Å². The molecule has 0 amide bonds. The van der Waals surface area contributed by atoms with E-state index in [2.05, 4.69) is 4.98 Å². The molecule has 2 heterocycles. The van der Waals surface area contributed by atoms with Crippen LogP contribution in [0.15, 0.2) is 83.5 Å². The van der Waals surface area contributed by atoms with Crippen LogP contribution in [0.4, 0.5) is 13.2 Å². The Bertz CT molecular complexity index is 1300. The zero-order valence-electron chi connectivity index (χ0n) is 20.5. The second-order valence-electron chi connectivity index (χ2n) is 8.48. The van der Waals surface area contributed by atoms with E-state index in [1.807, 2.05) is 37.3 Å². The van der Waals surface area contributed by atoms with Crippen LogP contribution >= 0.6 is 0 Å². The highest BCUT2D eigenvalue weighted by Crippen LogP contribution is 2.41. The first-order chi connectivity index (χ1) is 17.7. The average molecular weight is 513 g/mol. The van der Waals surface area contributed by atoms with E-state index in [0.29, 0.717) is 36.0 Å². The molecule has 0 saturated heterocycles. The Kier molecular flexibility index (Phi) is 7.71. The van der Waals surface area contributed by atoms with Gasteiger partial charge in [-0.1, -0.05) is 30.3 Å². The third-order valence-corrected chi connectivity index (χ3v) is 6.03. The smallest absolute Gasteiger partial charge is 0.423 e. The van der Waals surface area contributed by atoms with Crippen molar-refractivity contribution in [1.29, 1.82) is 0 Å². The first-order valence-electron chi connectivity index (χ1n) is 11.9. The molecule has 9 heteroatoms. The van der Waals surface area contributed by atoms with E-state index in [-0.39, 0.29) is 6.61 Å². The molecule has 0 N–H and O–H groups in total. The number of aromatic nitrogens is 2. The molecule has 2 aromatic heterocycles. The minimum absolute atomic E-state index is 0.164. The Morgan fingerprint density at radius 2 is 1.68 bits per heavy atom. The lowest BCUT2D eigenvalue weighted by Gasteiger charge is -2.35. The molecular weight excluding hydrogens is 485 g/mol. The standard InChI is InChI=1S/C28H27F3N2O4/c1-3-35-26(34)27(28(29,30)31,33-16-7-8-17-33)19-21-11-13-23(14-12-21)36-18-15-24-20(2)37-25(32-24)22-9-5-4-6-10-22/h4-14,16-17H,3,15,18-19H2,1-2H3/t27-/m1/s1. The molecule has 0 fully saturated rings. The Morgan fingerprint density at radius 3 is 2.30 bits per heavy atom. The number of carbonyl (C=O) groups excluding carboxylic acids is 1. The van der Waals surface area contributed by atoms with Crippen molar-refractivity contribution < 1.29 is 31.9 Å². The van der Waals surface area contributed by atoms with Crippen LogP contribution in [0.1, 0.15) is 23.9 Å². The lowest BCUT2D eigenvalue weighted by atomic mass is 9.89. The van der Waals surface area contributed by atoms with Gasteiger partial charge in [-0.15, -0.1) is 0 Å². The third kappa shape index (κ3) is 5.55. The number of ether oxygens (including phenoxy) is 2. The van der Waals surface area contributed by atoms with Gasteiger partial charge in [0.2, 0.25) is 11.4 Å². The number of rotatable bonds is 10. The number of hydrogen-bond donors (Lipinski definition) is 0. The van der Waals surface area contributed by atoms with E-state index in [1.165, 1.54) is 43.6 Å². The minimum atomic E-state index is -4.89. The second-order valence-corrected chi connectivity index (χ2v) is 8.48. The molecule has 6 nitrogen and oxygen atoms in total. The highest BCUT2D eigenvalue weighted by molar-refractivity contribution is 5.80. The summed E-state index contributed by atoms with van der Waals surface area (Å²) in [5, 5.41) is 0. The average Bonchev–Trinajstić information content (AvgIpc) is 3.54. The zero-order valence-corrected chi connectivity index (χ0v) is 20.5. The predicted octanol–water partition coefficient (Wildman–Crippen LogP) is 6.14. The van der Waals surface area contributed by atoms with Crippen molar-refractivity contribution >= 4 is 5.97 Å². The number of benzene rings is 2. The molecular formula is C28H27F3N2O4. The molecule has 1 atom stereocenters. The summed E-state index contributed by atoms with van der Waals surface area (Å²) in [5.41, 5.74) is -0.917. The van der Waals surface area contributed by atoms with Crippen LogP contribution < -0.4 is 4.74 Å². The highest BCUT2D eigenvalue weighted by Gasteiger charge is 2.62. The molecule has 0 aliphatic carbocycles. The molecule has 0 saturated carbocycles. The van der Waals surface area contributed by atoms with Crippen molar-refractivity contribution in [1.82, 2.24) is 9.55 Å². The van der Waals surface area contributed by atoms with Gasteiger partial charge in [0.25, 0.3) is 0 Å². The molecule has 0 aliphatic rings. The van der Waals surface area contributed by atoms with Crippen LogP contribution in [0, 0.1) is 6.92 Å². The van der Waals surface area contributed by atoms with E-state index in [4.69, 9.17) is 13.9 Å². The first kappa shape index (κ1) is 26.1. The summed E-state index contributed by atoms with van der Waals surface area (Å²) in [6.07, 6.45) is -2.57. The number of esters is 1. The third-order valence-electron chi connectivity index (χ3n) is 6.03. The molecule has 4 rings (SSSR count). The lowest BCUT2D eigenvalue weighted by Crippen LogP contribution is -2.56. The van der Waals surface area contributed by atoms with Gasteiger partial charge in [0, 0.05) is 30.8 Å². The Labute approximate surface area is 212 Å². The number of aryl methyl sites for hydroxylation is 1. The molecule has 0 spiro atoms. The number of carbonyl (C=O) groups is 1. The number of nitrogens with zero attached hydrogens (tertiary/aromatic N) is 2. The zero-order chi connectivity index (χ0) is 26.5. The van der Waals surface area contributed by atoms with Gasteiger partial charge in [-0.3, -0.25) is 0 Å². The van der Waals surface area contributed by atoms with Crippen molar-refractivity contribution in [2.45, 2.75) is 38.4 Å². The highest BCUT2D eigenvalue weighted by atomic mass is 19.4. The van der Waals surface area contributed by atoms with Gasteiger partial charge in [0.15, 0.2) is 0 Å². The normalized spacial score (nSPS) is 13.2. The van der Waals surface area contributed by atoms with Gasteiger partial charge in [-0.25, -0.2) is 9.78 Å². The summed E-state index contributed by atoms with van der Waals surface area (Å²) in [7, 11) is 0. The SMILES string of the molecule is CCOC(=O)[C@@](Cc1ccc(OCCc2nc(-c3ccccc3)oc2C)cc1)(n1cccc1)C(F)(F)F. The summed E-state index contributed by atoms with van der Waals surface area (Å²) in [4.78, 5) is 17.2. The molecule has 0 radical (unpaired) electrons. The fourth-order valence-corrected chi connectivity index (χ4v) is 4.10. The van der Waals surface area contributed by atoms with E-state index in [1.54, 1.807) is 12.1 Å². The molecule has 0 unspecified atom stereocenters. The molecule has 2 aromatic carbocycles.